The van der Waals surface area contributed by atoms with Gasteiger partial charge >= 0.3 is 0 Å². The zero-order valence-electron chi connectivity index (χ0n) is 14.2. The quantitative estimate of drug-likeness (QED) is 0.612. The van der Waals surface area contributed by atoms with Crippen LogP contribution < -0.4 is 15.4 Å². The summed E-state index contributed by atoms with van der Waals surface area (Å²) in [4.78, 5) is 5.78. The lowest BCUT2D eigenvalue weighted by molar-refractivity contribution is -0.0172. The van der Waals surface area contributed by atoms with Crippen LogP contribution in [0.5, 0.6) is 5.75 Å². The predicted molar refractivity (Wildman–Crippen MR) is 97.5 cm³/mol. The van der Waals surface area contributed by atoms with Gasteiger partial charge < -0.3 is 20.1 Å². The number of nitrogens with one attached hydrogen (secondary N) is 2. The van der Waals surface area contributed by atoms with Crippen LogP contribution in [0.2, 0.25) is 0 Å². The smallest absolute Gasteiger partial charge is 0.191 e. The Morgan fingerprint density at radius 2 is 2.28 bits per heavy atom. The van der Waals surface area contributed by atoms with Crippen LogP contribution in [0.3, 0.4) is 0 Å². The molecule has 3 rings (SSSR count). The number of benzene rings is 1. The van der Waals surface area contributed by atoms with Gasteiger partial charge in [-0.05, 0) is 42.5 Å². The lowest BCUT2D eigenvalue weighted by atomic mass is 10.1. The average molecular weight is 363 g/mol. The van der Waals surface area contributed by atoms with Crippen LogP contribution in [-0.4, -0.2) is 25.8 Å². The van der Waals surface area contributed by atoms with E-state index in [9.17, 15) is 4.39 Å². The van der Waals surface area contributed by atoms with E-state index in [4.69, 9.17) is 9.47 Å². The lowest BCUT2D eigenvalue weighted by Gasteiger charge is -2.21. The van der Waals surface area contributed by atoms with Gasteiger partial charge in [0.05, 0.1) is 13.2 Å². The fourth-order valence-electron chi connectivity index (χ4n) is 2.66. The Balaban J connectivity index is 1.60. The number of ether oxygens (including phenoxy) is 2. The molecule has 2 aromatic rings. The Hall–Kier alpha value is -2.12. The molecule has 1 aliphatic heterocycles. The Bertz CT molecular complexity index is 719. The molecule has 2 heterocycles. The molecule has 0 unspecified atom stereocenters. The van der Waals surface area contributed by atoms with Gasteiger partial charge in [-0.2, -0.15) is 0 Å². The van der Waals surface area contributed by atoms with Gasteiger partial charge in [0.25, 0.3) is 0 Å². The van der Waals surface area contributed by atoms with Crippen LogP contribution in [0.15, 0.2) is 34.6 Å². The highest BCUT2D eigenvalue weighted by Gasteiger charge is 2.16. The lowest BCUT2D eigenvalue weighted by Crippen LogP contribution is -2.38. The minimum atomic E-state index is -0.263. The predicted octanol–water partition coefficient (Wildman–Crippen LogP) is 3.05. The van der Waals surface area contributed by atoms with E-state index in [2.05, 4.69) is 21.7 Å². The monoisotopic (exact) mass is 363 g/mol. The topological polar surface area (TPSA) is 54.9 Å². The normalized spacial score (nSPS) is 13.9. The van der Waals surface area contributed by atoms with E-state index in [0.717, 1.165) is 29.4 Å². The van der Waals surface area contributed by atoms with Gasteiger partial charge in [0.2, 0.25) is 0 Å². The maximum atomic E-state index is 13.8. The molecule has 0 amide bonds. The summed E-state index contributed by atoms with van der Waals surface area (Å²) < 4.78 is 24.5. The number of hydrogen-bond donors (Lipinski definition) is 2. The van der Waals surface area contributed by atoms with Crippen molar-refractivity contribution in [2.75, 3.05) is 19.9 Å². The maximum absolute atomic E-state index is 13.8. The van der Waals surface area contributed by atoms with Gasteiger partial charge in [-0.3, -0.25) is 0 Å². The number of nitrogens with zero attached hydrogens (tertiary/aromatic N) is 1. The Morgan fingerprint density at radius 3 is 3.08 bits per heavy atom. The van der Waals surface area contributed by atoms with Crippen molar-refractivity contribution in [3.05, 3.63) is 51.5 Å². The minimum absolute atomic E-state index is 0.212. The van der Waals surface area contributed by atoms with E-state index in [1.165, 1.54) is 17.0 Å². The highest BCUT2D eigenvalue weighted by molar-refractivity contribution is 7.09. The molecule has 0 radical (unpaired) electrons. The first-order valence-corrected chi connectivity index (χ1v) is 9.20. The minimum Gasteiger partial charge on any atom is -0.467 e. The summed E-state index contributed by atoms with van der Waals surface area (Å²) in [5.41, 5.74) is 1.61. The molecule has 0 bridgehead atoms. The second kappa shape index (κ2) is 8.82. The zero-order valence-corrected chi connectivity index (χ0v) is 15.0. The number of guanidine groups is 1. The molecule has 1 aromatic heterocycles. The Morgan fingerprint density at radius 1 is 1.36 bits per heavy atom. The molecule has 0 saturated carbocycles. The molecule has 0 spiro atoms. The Kier molecular flexibility index (Phi) is 6.25. The number of thiophene rings is 1. The van der Waals surface area contributed by atoms with E-state index in [0.29, 0.717) is 26.1 Å². The van der Waals surface area contributed by atoms with Gasteiger partial charge in [-0.15, -0.1) is 11.3 Å². The first-order valence-electron chi connectivity index (χ1n) is 8.32. The van der Waals surface area contributed by atoms with Gasteiger partial charge in [0.1, 0.15) is 11.6 Å². The average Bonchev–Trinajstić information content (AvgIpc) is 3.13. The summed E-state index contributed by atoms with van der Waals surface area (Å²) in [5, 5.41) is 8.56. The van der Waals surface area contributed by atoms with E-state index in [1.807, 2.05) is 18.4 Å². The standard InChI is InChI=1S/C18H22FN3O2S/c1-2-20-18(22-10-16-4-3-7-25-16)21-6-5-13-8-15(19)9-14-11-23-12-24-17(13)14/h3-4,7-9H,2,5-6,10-12H2,1H3,(H2,20,21,22). The third-order valence-electron chi connectivity index (χ3n) is 3.76. The van der Waals surface area contributed by atoms with Crippen LogP contribution in [0.25, 0.3) is 0 Å². The maximum Gasteiger partial charge on any atom is 0.191 e. The summed E-state index contributed by atoms with van der Waals surface area (Å²) in [6, 6.07) is 7.09. The van der Waals surface area contributed by atoms with Crippen molar-refractivity contribution in [2.45, 2.75) is 26.5 Å². The summed E-state index contributed by atoms with van der Waals surface area (Å²) in [5.74, 6) is 1.24. The van der Waals surface area contributed by atoms with Crippen molar-refractivity contribution < 1.29 is 13.9 Å². The van der Waals surface area contributed by atoms with Gasteiger partial charge in [0.15, 0.2) is 12.8 Å². The van der Waals surface area contributed by atoms with Crippen LogP contribution in [0.4, 0.5) is 4.39 Å². The molecular weight excluding hydrogens is 341 g/mol. The van der Waals surface area contributed by atoms with E-state index >= 15 is 0 Å². The summed E-state index contributed by atoms with van der Waals surface area (Å²) in [7, 11) is 0. The third kappa shape index (κ3) is 4.93. The molecule has 134 valence electrons. The van der Waals surface area contributed by atoms with Crippen molar-refractivity contribution in [3.8, 4) is 5.75 Å². The van der Waals surface area contributed by atoms with E-state index in [-0.39, 0.29) is 12.6 Å². The molecule has 2 N–H and O–H groups in total. The molecule has 0 saturated heterocycles. The van der Waals surface area contributed by atoms with Crippen LogP contribution in [0, 0.1) is 5.82 Å². The third-order valence-corrected chi connectivity index (χ3v) is 4.62. The number of rotatable bonds is 6. The van der Waals surface area contributed by atoms with Crippen LogP contribution in [-0.2, 0) is 24.3 Å². The molecule has 0 fully saturated rings. The van der Waals surface area contributed by atoms with Crippen LogP contribution in [0.1, 0.15) is 22.9 Å². The number of fused-ring (bicyclic) bond motifs is 1. The molecule has 0 aliphatic carbocycles. The van der Waals surface area contributed by atoms with Gasteiger partial charge in [-0.1, -0.05) is 6.07 Å². The zero-order chi connectivity index (χ0) is 17.5. The number of halogens is 1. The Labute approximate surface area is 150 Å². The number of hydrogen-bond acceptors (Lipinski definition) is 4. The molecule has 5 nitrogen and oxygen atoms in total. The SMILES string of the molecule is CCNC(=NCc1cccs1)NCCc1cc(F)cc2c1OCOC2. The summed E-state index contributed by atoms with van der Waals surface area (Å²) in [6.45, 7) is 4.69. The van der Waals surface area contributed by atoms with Crippen LogP contribution >= 0.6 is 11.3 Å². The molecular formula is C18H22FN3O2S. The molecule has 7 heteroatoms. The summed E-state index contributed by atoms with van der Waals surface area (Å²) in [6.07, 6.45) is 0.642. The fourth-order valence-corrected chi connectivity index (χ4v) is 3.29. The van der Waals surface area contributed by atoms with Crippen molar-refractivity contribution in [1.82, 2.24) is 10.6 Å². The van der Waals surface area contributed by atoms with Crippen molar-refractivity contribution in [1.29, 1.82) is 0 Å². The van der Waals surface area contributed by atoms with Crippen molar-refractivity contribution in [2.24, 2.45) is 4.99 Å². The van der Waals surface area contributed by atoms with Crippen molar-refractivity contribution >= 4 is 17.3 Å². The fraction of sp³-hybridized carbons (Fsp3) is 0.389. The summed E-state index contributed by atoms with van der Waals surface area (Å²) >= 11 is 1.69. The first-order chi connectivity index (χ1) is 12.3. The number of aliphatic imine (C=N–C) groups is 1. The second-order valence-electron chi connectivity index (χ2n) is 5.62. The van der Waals surface area contributed by atoms with Gasteiger partial charge in [-0.25, -0.2) is 9.38 Å². The highest BCUT2D eigenvalue weighted by atomic mass is 32.1. The van der Waals surface area contributed by atoms with E-state index in [1.54, 1.807) is 11.3 Å². The second-order valence-corrected chi connectivity index (χ2v) is 6.65. The van der Waals surface area contributed by atoms with E-state index < -0.39 is 0 Å². The largest absolute Gasteiger partial charge is 0.467 e. The van der Waals surface area contributed by atoms with Crippen molar-refractivity contribution in [3.63, 3.8) is 0 Å². The highest BCUT2D eigenvalue weighted by Crippen LogP contribution is 2.29. The molecule has 0 atom stereocenters. The molecule has 25 heavy (non-hydrogen) atoms. The molecule has 1 aliphatic rings. The van der Waals surface area contributed by atoms with Gasteiger partial charge in [0, 0.05) is 23.5 Å². The first kappa shape index (κ1) is 17.7. The molecule has 1 aromatic carbocycles.